The molecule has 3 rings (SSSR count). The molecule has 1 aliphatic heterocycles. The summed E-state index contributed by atoms with van der Waals surface area (Å²) in [5.41, 5.74) is 1.79. The lowest BCUT2D eigenvalue weighted by atomic mass is 10.1. The van der Waals surface area contributed by atoms with Crippen molar-refractivity contribution in [3.63, 3.8) is 0 Å². The van der Waals surface area contributed by atoms with E-state index in [-0.39, 0.29) is 31.6 Å². The Bertz CT molecular complexity index is 903. The molecule has 0 aromatic heterocycles. The molecule has 30 heavy (non-hydrogen) atoms. The number of rotatable bonds is 9. The third-order valence-electron chi connectivity index (χ3n) is 5.08. The second-order valence-electron chi connectivity index (χ2n) is 7.27. The second-order valence-corrected chi connectivity index (χ2v) is 7.67. The predicted octanol–water partition coefficient (Wildman–Crippen LogP) is 3.94. The van der Waals surface area contributed by atoms with Gasteiger partial charge in [0.15, 0.2) is 11.5 Å². The lowest BCUT2D eigenvalue weighted by Crippen LogP contribution is -2.47. The molecule has 0 aliphatic carbocycles. The Morgan fingerprint density at radius 3 is 2.70 bits per heavy atom. The van der Waals surface area contributed by atoms with Crippen molar-refractivity contribution in [3.05, 3.63) is 58.6 Å². The fourth-order valence-corrected chi connectivity index (χ4v) is 3.48. The summed E-state index contributed by atoms with van der Waals surface area (Å²) in [4.78, 5) is 27.3. The van der Waals surface area contributed by atoms with Crippen molar-refractivity contribution in [1.29, 1.82) is 0 Å². The van der Waals surface area contributed by atoms with E-state index < -0.39 is 6.04 Å². The first kappa shape index (κ1) is 22.0. The molecule has 2 aromatic carbocycles. The molecule has 0 fully saturated rings. The van der Waals surface area contributed by atoms with Crippen molar-refractivity contribution in [3.8, 4) is 11.5 Å². The van der Waals surface area contributed by atoms with Crippen LogP contribution < -0.4 is 14.8 Å². The molecular formula is C23H27ClN2O4. The predicted molar refractivity (Wildman–Crippen MR) is 116 cm³/mol. The Balaban J connectivity index is 1.71. The number of aryl methyl sites for hydroxylation is 1. The summed E-state index contributed by atoms with van der Waals surface area (Å²) < 4.78 is 10.7. The van der Waals surface area contributed by atoms with E-state index in [1.165, 1.54) is 0 Å². The van der Waals surface area contributed by atoms with Crippen LogP contribution in [-0.2, 0) is 22.6 Å². The van der Waals surface area contributed by atoms with Gasteiger partial charge in [-0.05, 0) is 49.1 Å². The molecule has 1 aliphatic rings. The van der Waals surface area contributed by atoms with Crippen LogP contribution >= 0.6 is 11.6 Å². The van der Waals surface area contributed by atoms with Crippen molar-refractivity contribution >= 4 is 23.4 Å². The average Bonchev–Trinajstić information content (AvgIpc) is 3.22. The number of halogens is 1. The molecule has 0 spiro atoms. The maximum Gasteiger partial charge on any atom is 0.242 e. The van der Waals surface area contributed by atoms with Crippen LogP contribution in [0.2, 0.25) is 5.02 Å². The molecule has 0 bridgehead atoms. The smallest absolute Gasteiger partial charge is 0.242 e. The monoisotopic (exact) mass is 430 g/mol. The van der Waals surface area contributed by atoms with Crippen LogP contribution in [0, 0.1) is 0 Å². The SMILES string of the molecule is CCCNC(=O)[C@H](C)N(Cc1ccccc1Cl)C(=O)CCc1ccc2c(c1)OCO2. The molecule has 2 aromatic rings. The van der Waals surface area contributed by atoms with Crippen molar-refractivity contribution < 1.29 is 19.1 Å². The number of carbonyl (C=O) groups is 2. The molecule has 0 saturated carbocycles. The number of fused-ring (bicyclic) bond motifs is 1. The van der Waals surface area contributed by atoms with Crippen LogP contribution in [0.3, 0.4) is 0 Å². The summed E-state index contributed by atoms with van der Waals surface area (Å²) in [7, 11) is 0. The van der Waals surface area contributed by atoms with E-state index in [1.54, 1.807) is 17.9 Å². The molecule has 1 heterocycles. The zero-order chi connectivity index (χ0) is 21.5. The zero-order valence-corrected chi connectivity index (χ0v) is 18.1. The number of benzene rings is 2. The van der Waals surface area contributed by atoms with Crippen LogP contribution in [0.1, 0.15) is 37.8 Å². The van der Waals surface area contributed by atoms with Gasteiger partial charge in [-0.25, -0.2) is 0 Å². The van der Waals surface area contributed by atoms with Gasteiger partial charge >= 0.3 is 0 Å². The molecule has 1 atom stereocenters. The normalized spacial score (nSPS) is 13.0. The van der Waals surface area contributed by atoms with Crippen LogP contribution in [0.5, 0.6) is 11.5 Å². The van der Waals surface area contributed by atoms with E-state index in [4.69, 9.17) is 21.1 Å². The van der Waals surface area contributed by atoms with E-state index in [0.29, 0.717) is 29.5 Å². The Morgan fingerprint density at radius 2 is 1.93 bits per heavy atom. The molecule has 1 N–H and O–H groups in total. The minimum absolute atomic E-state index is 0.105. The number of nitrogens with one attached hydrogen (secondary N) is 1. The lowest BCUT2D eigenvalue weighted by Gasteiger charge is -2.29. The van der Waals surface area contributed by atoms with Gasteiger partial charge in [-0.2, -0.15) is 0 Å². The van der Waals surface area contributed by atoms with Gasteiger partial charge in [0.25, 0.3) is 0 Å². The summed E-state index contributed by atoms with van der Waals surface area (Å²) in [6.45, 7) is 4.81. The van der Waals surface area contributed by atoms with Crippen LogP contribution in [0.15, 0.2) is 42.5 Å². The summed E-state index contributed by atoms with van der Waals surface area (Å²) in [6, 6.07) is 12.4. The Morgan fingerprint density at radius 1 is 1.17 bits per heavy atom. The van der Waals surface area contributed by atoms with Gasteiger partial charge in [0, 0.05) is 24.5 Å². The highest BCUT2D eigenvalue weighted by atomic mass is 35.5. The van der Waals surface area contributed by atoms with E-state index in [9.17, 15) is 9.59 Å². The number of hydrogen-bond acceptors (Lipinski definition) is 4. The lowest BCUT2D eigenvalue weighted by molar-refractivity contribution is -0.140. The first-order chi connectivity index (χ1) is 14.5. The van der Waals surface area contributed by atoms with E-state index in [1.807, 2.05) is 43.3 Å². The van der Waals surface area contributed by atoms with Crippen molar-refractivity contribution in [2.45, 2.75) is 45.7 Å². The molecular weight excluding hydrogens is 404 g/mol. The number of ether oxygens (including phenoxy) is 2. The highest BCUT2D eigenvalue weighted by molar-refractivity contribution is 6.31. The Kier molecular flexibility index (Phi) is 7.57. The van der Waals surface area contributed by atoms with E-state index >= 15 is 0 Å². The summed E-state index contributed by atoms with van der Waals surface area (Å²) in [6.07, 6.45) is 1.65. The van der Waals surface area contributed by atoms with Gasteiger partial charge in [0.2, 0.25) is 18.6 Å². The minimum Gasteiger partial charge on any atom is -0.454 e. The second kappa shape index (κ2) is 10.3. The van der Waals surface area contributed by atoms with Crippen molar-refractivity contribution in [2.75, 3.05) is 13.3 Å². The fraction of sp³-hybridized carbons (Fsp3) is 0.391. The third-order valence-corrected chi connectivity index (χ3v) is 5.45. The standard InChI is InChI=1S/C23H27ClN2O4/c1-3-12-25-23(28)16(2)26(14-18-6-4-5-7-19(18)24)22(27)11-9-17-8-10-20-21(13-17)30-15-29-20/h4-8,10,13,16H,3,9,11-12,14-15H2,1-2H3,(H,25,28)/t16-/m0/s1. The summed E-state index contributed by atoms with van der Waals surface area (Å²) in [5.74, 6) is 1.14. The maximum absolute atomic E-state index is 13.1. The fourth-order valence-electron chi connectivity index (χ4n) is 3.28. The molecule has 6 nitrogen and oxygen atoms in total. The zero-order valence-electron chi connectivity index (χ0n) is 17.3. The first-order valence-corrected chi connectivity index (χ1v) is 10.6. The Labute approximate surface area is 182 Å². The third kappa shape index (κ3) is 5.45. The topological polar surface area (TPSA) is 67.9 Å². The largest absolute Gasteiger partial charge is 0.454 e. The first-order valence-electron chi connectivity index (χ1n) is 10.2. The van der Waals surface area contributed by atoms with E-state index in [2.05, 4.69) is 5.32 Å². The summed E-state index contributed by atoms with van der Waals surface area (Å²) in [5, 5.41) is 3.45. The average molecular weight is 431 g/mol. The van der Waals surface area contributed by atoms with Gasteiger partial charge in [0.1, 0.15) is 6.04 Å². The van der Waals surface area contributed by atoms with Crippen molar-refractivity contribution in [1.82, 2.24) is 10.2 Å². The van der Waals surface area contributed by atoms with Gasteiger partial charge in [-0.3, -0.25) is 9.59 Å². The van der Waals surface area contributed by atoms with Crippen LogP contribution in [0.4, 0.5) is 0 Å². The number of amides is 2. The highest BCUT2D eigenvalue weighted by Crippen LogP contribution is 2.32. The van der Waals surface area contributed by atoms with Gasteiger partial charge < -0.3 is 19.7 Å². The van der Waals surface area contributed by atoms with Crippen molar-refractivity contribution in [2.24, 2.45) is 0 Å². The molecule has 2 amide bonds. The molecule has 160 valence electrons. The van der Waals surface area contributed by atoms with Gasteiger partial charge in [-0.15, -0.1) is 0 Å². The molecule has 0 unspecified atom stereocenters. The van der Waals surface area contributed by atoms with Crippen LogP contribution in [0.25, 0.3) is 0 Å². The maximum atomic E-state index is 13.1. The minimum atomic E-state index is -0.600. The summed E-state index contributed by atoms with van der Waals surface area (Å²) >= 11 is 6.30. The molecule has 7 heteroatoms. The Hall–Kier alpha value is -2.73. The number of carbonyl (C=O) groups excluding carboxylic acids is 2. The van der Waals surface area contributed by atoms with E-state index in [0.717, 1.165) is 17.5 Å². The van der Waals surface area contributed by atoms with Gasteiger partial charge in [0.05, 0.1) is 0 Å². The molecule has 0 radical (unpaired) electrons. The van der Waals surface area contributed by atoms with Crippen LogP contribution in [-0.4, -0.2) is 36.1 Å². The van der Waals surface area contributed by atoms with Gasteiger partial charge in [-0.1, -0.05) is 42.8 Å². The molecule has 0 saturated heterocycles. The highest BCUT2D eigenvalue weighted by Gasteiger charge is 2.26. The number of nitrogens with zero attached hydrogens (tertiary/aromatic N) is 1. The number of hydrogen-bond donors (Lipinski definition) is 1. The quantitative estimate of drug-likeness (QED) is 0.654.